The highest BCUT2D eigenvalue weighted by Crippen LogP contribution is 2.21. The minimum Gasteiger partial charge on any atom is -0.329 e. The van der Waals surface area contributed by atoms with Gasteiger partial charge in [-0.1, -0.05) is 0 Å². The maximum Gasteiger partial charge on any atom is 0.266 e. The van der Waals surface area contributed by atoms with Gasteiger partial charge in [-0.05, 0) is 26.0 Å². The third-order valence-electron chi connectivity index (χ3n) is 2.74. The zero-order valence-corrected chi connectivity index (χ0v) is 12.1. The topological polar surface area (TPSA) is 116 Å². The first-order chi connectivity index (χ1) is 9.45. The number of aromatic nitrogens is 4. The van der Waals surface area contributed by atoms with Crippen molar-refractivity contribution in [3.05, 3.63) is 29.7 Å². The predicted octanol–water partition coefficient (Wildman–Crippen LogP) is 0.0494. The van der Waals surface area contributed by atoms with Gasteiger partial charge in [0.05, 0.1) is 17.9 Å². The number of rotatable bonds is 5. The van der Waals surface area contributed by atoms with Gasteiger partial charge < -0.3 is 5.73 Å². The van der Waals surface area contributed by atoms with Crippen molar-refractivity contribution in [3.8, 4) is 0 Å². The van der Waals surface area contributed by atoms with Crippen LogP contribution in [-0.2, 0) is 16.6 Å². The van der Waals surface area contributed by atoms with Gasteiger partial charge in [-0.25, -0.2) is 8.42 Å². The van der Waals surface area contributed by atoms with E-state index in [2.05, 4.69) is 20.0 Å². The Morgan fingerprint density at radius 3 is 2.75 bits per heavy atom. The first-order valence-electron chi connectivity index (χ1n) is 6.00. The summed E-state index contributed by atoms with van der Waals surface area (Å²) in [4.78, 5) is 0.150. The summed E-state index contributed by atoms with van der Waals surface area (Å²) in [7, 11) is -3.75. The number of nitrogens with two attached hydrogens (primary N) is 1. The molecule has 0 spiro atoms. The number of nitrogens with zero attached hydrogens (tertiary/aromatic N) is 4. The first kappa shape index (κ1) is 14.4. The molecular weight excluding hydrogens is 280 g/mol. The molecule has 0 saturated heterocycles. The standard InChI is InChI=1S/C11H16N6O2S/c1-8-11(9(2)17(15-8)7-5-12)20(18,19)16-10-4-3-6-13-14-10/h3-4,6H,5,7,12H2,1-2H3,(H,14,16). The lowest BCUT2D eigenvalue weighted by atomic mass is 10.4. The fourth-order valence-corrected chi connectivity index (χ4v) is 3.36. The highest BCUT2D eigenvalue weighted by Gasteiger charge is 2.24. The fourth-order valence-electron chi connectivity index (χ4n) is 1.95. The van der Waals surface area contributed by atoms with Gasteiger partial charge in [0.25, 0.3) is 10.0 Å². The summed E-state index contributed by atoms with van der Waals surface area (Å²) < 4.78 is 28.8. The van der Waals surface area contributed by atoms with Gasteiger partial charge in [-0.15, -0.1) is 5.10 Å². The average Bonchev–Trinajstić information content (AvgIpc) is 2.66. The van der Waals surface area contributed by atoms with Crippen LogP contribution < -0.4 is 10.5 Å². The summed E-state index contributed by atoms with van der Waals surface area (Å²) in [6, 6.07) is 3.13. The Balaban J connectivity index is 2.40. The van der Waals surface area contributed by atoms with Crippen molar-refractivity contribution < 1.29 is 8.42 Å². The third-order valence-corrected chi connectivity index (χ3v) is 4.34. The Morgan fingerprint density at radius 1 is 1.40 bits per heavy atom. The Morgan fingerprint density at radius 2 is 2.15 bits per heavy atom. The first-order valence-corrected chi connectivity index (χ1v) is 7.48. The normalized spacial score (nSPS) is 11.6. The summed E-state index contributed by atoms with van der Waals surface area (Å²) in [5, 5.41) is 11.5. The van der Waals surface area contributed by atoms with E-state index < -0.39 is 10.0 Å². The van der Waals surface area contributed by atoms with E-state index in [0.717, 1.165) is 0 Å². The molecule has 0 aliphatic rings. The van der Waals surface area contributed by atoms with E-state index in [1.807, 2.05) is 0 Å². The quantitative estimate of drug-likeness (QED) is 0.805. The smallest absolute Gasteiger partial charge is 0.266 e. The van der Waals surface area contributed by atoms with E-state index in [-0.39, 0.29) is 10.7 Å². The summed E-state index contributed by atoms with van der Waals surface area (Å²) in [6.45, 7) is 4.19. The molecular formula is C11H16N6O2S. The molecule has 20 heavy (non-hydrogen) atoms. The lowest BCUT2D eigenvalue weighted by Crippen LogP contribution is -2.17. The predicted molar refractivity (Wildman–Crippen MR) is 73.6 cm³/mol. The van der Waals surface area contributed by atoms with Crippen LogP contribution >= 0.6 is 0 Å². The molecule has 0 amide bonds. The zero-order chi connectivity index (χ0) is 14.8. The maximum atomic E-state index is 12.4. The Hall–Kier alpha value is -2.00. The van der Waals surface area contributed by atoms with Crippen molar-refractivity contribution in [2.24, 2.45) is 5.73 Å². The van der Waals surface area contributed by atoms with Gasteiger partial charge in [-0.3, -0.25) is 9.40 Å². The number of hydrogen-bond acceptors (Lipinski definition) is 6. The van der Waals surface area contributed by atoms with E-state index in [4.69, 9.17) is 5.73 Å². The van der Waals surface area contributed by atoms with Gasteiger partial charge in [0.1, 0.15) is 4.90 Å². The zero-order valence-electron chi connectivity index (χ0n) is 11.2. The van der Waals surface area contributed by atoms with E-state index >= 15 is 0 Å². The monoisotopic (exact) mass is 296 g/mol. The second kappa shape index (κ2) is 5.55. The summed E-state index contributed by atoms with van der Waals surface area (Å²) in [5.74, 6) is 0.165. The second-order valence-electron chi connectivity index (χ2n) is 4.23. The van der Waals surface area contributed by atoms with Crippen LogP contribution in [0.2, 0.25) is 0 Å². The molecule has 108 valence electrons. The van der Waals surface area contributed by atoms with Gasteiger partial charge >= 0.3 is 0 Å². The number of anilines is 1. The molecule has 2 rings (SSSR count). The van der Waals surface area contributed by atoms with Crippen molar-refractivity contribution in [2.75, 3.05) is 11.3 Å². The molecule has 8 nitrogen and oxygen atoms in total. The van der Waals surface area contributed by atoms with E-state index in [0.29, 0.717) is 24.5 Å². The molecule has 2 aromatic rings. The van der Waals surface area contributed by atoms with Gasteiger partial charge in [0.2, 0.25) is 0 Å². The molecule has 0 bridgehead atoms. The molecule has 0 atom stereocenters. The lowest BCUT2D eigenvalue weighted by molar-refractivity contribution is 0.593. The van der Waals surface area contributed by atoms with Crippen LogP contribution in [0.4, 0.5) is 5.82 Å². The van der Waals surface area contributed by atoms with Crippen LogP contribution in [0, 0.1) is 13.8 Å². The second-order valence-corrected chi connectivity index (χ2v) is 5.85. The minimum absolute atomic E-state index is 0.150. The Kier molecular flexibility index (Phi) is 4.00. The molecule has 3 N–H and O–H groups in total. The van der Waals surface area contributed by atoms with Crippen LogP contribution in [-0.4, -0.2) is 34.9 Å². The van der Waals surface area contributed by atoms with Gasteiger partial charge in [0.15, 0.2) is 5.82 Å². The number of sulfonamides is 1. The Labute approximate surface area is 117 Å². The molecule has 9 heteroatoms. The summed E-state index contributed by atoms with van der Waals surface area (Å²) in [6.07, 6.45) is 1.47. The van der Waals surface area contributed by atoms with E-state index in [9.17, 15) is 8.42 Å². The van der Waals surface area contributed by atoms with E-state index in [1.165, 1.54) is 12.3 Å². The molecule has 0 radical (unpaired) electrons. The number of nitrogens with one attached hydrogen (secondary N) is 1. The van der Waals surface area contributed by atoms with Crippen LogP contribution in [0.5, 0.6) is 0 Å². The molecule has 0 aromatic carbocycles. The summed E-state index contributed by atoms with van der Waals surface area (Å²) >= 11 is 0. The average molecular weight is 296 g/mol. The van der Waals surface area contributed by atoms with Crippen LogP contribution in [0.1, 0.15) is 11.4 Å². The SMILES string of the molecule is Cc1nn(CCN)c(C)c1S(=O)(=O)Nc1cccnn1. The van der Waals surface area contributed by atoms with Crippen LogP contribution in [0.25, 0.3) is 0 Å². The molecule has 0 fully saturated rings. The highest BCUT2D eigenvalue weighted by molar-refractivity contribution is 7.92. The maximum absolute atomic E-state index is 12.4. The highest BCUT2D eigenvalue weighted by atomic mass is 32.2. The van der Waals surface area contributed by atoms with Crippen molar-refractivity contribution in [3.63, 3.8) is 0 Å². The number of hydrogen-bond donors (Lipinski definition) is 2. The summed E-state index contributed by atoms with van der Waals surface area (Å²) in [5.41, 5.74) is 6.45. The minimum atomic E-state index is -3.75. The van der Waals surface area contributed by atoms with Gasteiger partial charge in [-0.2, -0.15) is 10.2 Å². The number of aryl methyl sites for hydroxylation is 1. The van der Waals surface area contributed by atoms with Crippen molar-refractivity contribution in [1.82, 2.24) is 20.0 Å². The van der Waals surface area contributed by atoms with Crippen LogP contribution in [0.15, 0.2) is 23.2 Å². The Bertz CT molecular complexity index is 695. The van der Waals surface area contributed by atoms with Gasteiger partial charge in [0, 0.05) is 12.7 Å². The fraction of sp³-hybridized carbons (Fsp3) is 0.364. The molecule has 0 aliphatic carbocycles. The largest absolute Gasteiger partial charge is 0.329 e. The molecule has 2 aromatic heterocycles. The molecule has 2 heterocycles. The third kappa shape index (κ3) is 2.78. The molecule has 0 aliphatic heterocycles. The molecule has 0 saturated carbocycles. The van der Waals surface area contributed by atoms with Crippen molar-refractivity contribution in [2.45, 2.75) is 25.3 Å². The van der Waals surface area contributed by atoms with Crippen molar-refractivity contribution in [1.29, 1.82) is 0 Å². The lowest BCUT2D eigenvalue weighted by Gasteiger charge is -2.07. The molecule has 0 unspecified atom stereocenters. The van der Waals surface area contributed by atoms with Crippen LogP contribution in [0.3, 0.4) is 0 Å². The van der Waals surface area contributed by atoms with E-state index in [1.54, 1.807) is 24.6 Å². The van der Waals surface area contributed by atoms with Crippen molar-refractivity contribution >= 4 is 15.8 Å².